The van der Waals surface area contributed by atoms with Gasteiger partial charge in [-0.05, 0) is 91.7 Å². The van der Waals surface area contributed by atoms with Gasteiger partial charge >= 0.3 is 0 Å². The highest BCUT2D eigenvalue weighted by Gasteiger charge is 2.41. The SMILES string of the molecule is Cc1cc(C#N)cc(CN2CCC(c3cc(F)cc4c3CN(C3CCC(=O)NC3=O)C4=O)CC2)c1. The molecule has 0 radical (unpaired) electrons. The predicted molar refractivity (Wildman–Crippen MR) is 126 cm³/mol. The first-order valence-electron chi connectivity index (χ1n) is 12.0. The third kappa shape index (κ3) is 4.56. The molecule has 3 heterocycles. The number of likely N-dealkylation sites (tertiary alicyclic amines) is 1. The van der Waals surface area contributed by atoms with Crippen molar-refractivity contribution in [2.24, 2.45) is 0 Å². The van der Waals surface area contributed by atoms with Crippen molar-refractivity contribution < 1.29 is 18.8 Å². The van der Waals surface area contributed by atoms with Crippen LogP contribution in [0.3, 0.4) is 0 Å². The number of aryl methyl sites for hydroxylation is 1. The Morgan fingerprint density at radius 1 is 1.09 bits per heavy atom. The number of rotatable bonds is 4. The molecular formula is C27H27FN4O3. The molecule has 0 aliphatic carbocycles. The Bertz CT molecular complexity index is 1260. The molecule has 2 fully saturated rings. The van der Waals surface area contributed by atoms with Crippen molar-refractivity contribution in [2.45, 2.75) is 57.7 Å². The Kier molecular flexibility index (Phi) is 6.12. The second-order valence-electron chi connectivity index (χ2n) is 9.79. The number of imide groups is 1. The molecule has 3 aliphatic rings. The van der Waals surface area contributed by atoms with E-state index in [2.05, 4.69) is 22.4 Å². The Morgan fingerprint density at radius 2 is 1.86 bits per heavy atom. The van der Waals surface area contributed by atoms with Crippen molar-refractivity contribution in [3.8, 4) is 6.07 Å². The van der Waals surface area contributed by atoms with Gasteiger partial charge in [0.1, 0.15) is 11.9 Å². The van der Waals surface area contributed by atoms with Gasteiger partial charge in [-0.25, -0.2) is 4.39 Å². The summed E-state index contributed by atoms with van der Waals surface area (Å²) >= 11 is 0. The van der Waals surface area contributed by atoms with Gasteiger partial charge in [0.15, 0.2) is 0 Å². The van der Waals surface area contributed by atoms with Crippen molar-refractivity contribution >= 4 is 17.7 Å². The van der Waals surface area contributed by atoms with Crippen molar-refractivity contribution in [3.05, 3.63) is 69.5 Å². The molecule has 1 atom stereocenters. The van der Waals surface area contributed by atoms with E-state index in [1.54, 1.807) is 6.07 Å². The van der Waals surface area contributed by atoms with Crippen LogP contribution in [0.15, 0.2) is 30.3 Å². The summed E-state index contributed by atoms with van der Waals surface area (Å²) in [4.78, 5) is 40.8. The molecule has 2 saturated heterocycles. The molecule has 2 aromatic rings. The number of nitrogens with zero attached hydrogens (tertiary/aromatic N) is 3. The van der Waals surface area contributed by atoms with Crippen LogP contribution in [0.25, 0.3) is 0 Å². The third-order valence-corrected chi connectivity index (χ3v) is 7.36. The highest BCUT2D eigenvalue weighted by molar-refractivity contribution is 6.05. The molecule has 7 nitrogen and oxygen atoms in total. The number of hydrogen-bond acceptors (Lipinski definition) is 5. The van der Waals surface area contributed by atoms with Gasteiger partial charge in [-0.2, -0.15) is 5.26 Å². The first-order valence-corrected chi connectivity index (χ1v) is 12.0. The van der Waals surface area contributed by atoms with Gasteiger partial charge in [0.2, 0.25) is 11.8 Å². The second kappa shape index (κ2) is 9.23. The van der Waals surface area contributed by atoms with Crippen LogP contribution in [0, 0.1) is 24.1 Å². The number of fused-ring (bicyclic) bond motifs is 1. The fourth-order valence-corrected chi connectivity index (χ4v) is 5.70. The largest absolute Gasteiger partial charge is 0.322 e. The topological polar surface area (TPSA) is 93.5 Å². The van der Waals surface area contributed by atoms with Crippen molar-refractivity contribution in [1.29, 1.82) is 5.26 Å². The molecule has 0 saturated carbocycles. The molecule has 3 aliphatic heterocycles. The lowest BCUT2D eigenvalue weighted by molar-refractivity contribution is -0.136. The summed E-state index contributed by atoms with van der Waals surface area (Å²) in [5, 5.41) is 11.5. The molecule has 0 bridgehead atoms. The highest BCUT2D eigenvalue weighted by atomic mass is 19.1. The average Bonchev–Trinajstić information content (AvgIpc) is 3.14. The van der Waals surface area contributed by atoms with Gasteiger partial charge < -0.3 is 4.90 Å². The Hall–Kier alpha value is -3.57. The molecule has 0 spiro atoms. The number of nitriles is 1. The van der Waals surface area contributed by atoms with E-state index in [0.29, 0.717) is 11.1 Å². The Labute approximate surface area is 203 Å². The molecule has 180 valence electrons. The zero-order valence-electron chi connectivity index (χ0n) is 19.6. The van der Waals surface area contributed by atoms with Crippen LogP contribution >= 0.6 is 0 Å². The predicted octanol–water partition coefficient (Wildman–Crippen LogP) is 3.15. The molecule has 35 heavy (non-hydrogen) atoms. The maximum Gasteiger partial charge on any atom is 0.255 e. The zero-order valence-corrected chi connectivity index (χ0v) is 19.6. The van der Waals surface area contributed by atoms with Crippen molar-refractivity contribution in [3.63, 3.8) is 0 Å². The minimum absolute atomic E-state index is 0.123. The number of carbonyl (C=O) groups is 3. The average molecular weight is 475 g/mol. The maximum absolute atomic E-state index is 14.6. The summed E-state index contributed by atoms with van der Waals surface area (Å²) in [6.07, 6.45) is 2.14. The van der Waals surface area contributed by atoms with E-state index in [0.717, 1.165) is 54.7 Å². The first-order chi connectivity index (χ1) is 16.8. The first kappa shape index (κ1) is 23.2. The number of nitrogens with one attached hydrogen (secondary N) is 1. The number of hydrogen-bond donors (Lipinski definition) is 1. The van der Waals surface area contributed by atoms with Crippen LogP contribution in [-0.4, -0.2) is 46.7 Å². The highest BCUT2D eigenvalue weighted by Crippen LogP contribution is 2.38. The molecular weight excluding hydrogens is 447 g/mol. The van der Waals surface area contributed by atoms with Crippen LogP contribution in [0.2, 0.25) is 0 Å². The Morgan fingerprint density at radius 3 is 2.57 bits per heavy atom. The molecule has 8 heteroatoms. The molecule has 1 N–H and O–H groups in total. The fraction of sp³-hybridized carbons (Fsp3) is 0.407. The second-order valence-corrected chi connectivity index (χ2v) is 9.79. The minimum atomic E-state index is -0.710. The molecule has 2 aromatic carbocycles. The van der Waals surface area contributed by atoms with Crippen LogP contribution in [-0.2, 0) is 22.7 Å². The number of carbonyl (C=O) groups excluding carboxylic acids is 3. The molecule has 1 unspecified atom stereocenters. The standard InChI is InChI=1S/C27H27FN4O3/c1-16-8-17(13-29)10-18(9-16)14-31-6-4-19(5-7-31)21-11-20(28)12-22-23(21)15-32(27(22)35)24-2-3-25(33)30-26(24)34/h8-12,19,24H,2-7,14-15H2,1H3,(H,30,33,34). The van der Waals surface area contributed by atoms with E-state index < -0.39 is 17.8 Å². The van der Waals surface area contributed by atoms with Crippen molar-refractivity contribution in [2.75, 3.05) is 13.1 Å². The van der Waals surface area contributed by atoms with Gasteiger partial charge in [-0.3, -0.25) is 24.6 Å². The number of benzene rings is 2. The monoisotopic (exact) mass is 474 g/mol. The zero-order chi connectivity index (χ0) is 24.7. The maximum atomic E-state index is 14.6. The van der Waals surface area contributed by atoms with Gasteiger partial charge in [0.25, 0.3) is 5.91 Å². The Balaban J connectivity index is 1.31. The normalized spacial score (nSPS) is 21.1. The van der Waals surface area contributed by atoms with Gasteiger partial charge in [-0.15, -0.1) is 0 Å². The molecule has 5 rings (SSSR count). The van der Waals surface area contributed by atoms with Crippen LogP contribution in [0.5, 0.6) is 0 Å². The minimum Gasteiger partial charge on any atom is -0.322 e. The van der Waals surface area contributed by atoms with Crippen molar-refractivity contribution in [1.82, 2.24) is 15.1 Å². The summed E-state index contributed by atoms with van der Waals surface area (Å²) in [6, 6.07) is 10.2. The summed E-state index contributed by atoms with van der Waals surface area (Å²) in [6.45, 7) is 4.66. The van der Waals surface area contributed by atoms with E-state index in [-0.39, 0.29) is 37.1 Å². The quantitative estimate of drug-likeness (QED) is 0.688. The lowest BCUT2D eigenvalue weighted by Gasteiger charge is -2.33. The lowest BCUT2D eigenvalue weighted by atomic mass is 9.85. The van der Waals surface area contributed by atoms with Gasteiger partial charge in [0.05, 0.1) is 11.6 Å². The van der Waals surface area contributed by atoms with E-state index in [4.69, 9.17) is 0 Å². The number of piperidine rings is 2. The molecule has 0 aromatic heterocycles. The number of halogens is 1. The molecule has 3 amide bonds. The van der Waals surface area contributed by atoms with Gasteiger partial charge in [0, 0.05) is 25.1 Å². The lowest BCUT2D eigenvalue weighted by Crippen LogP contribution is -2.52. The van der Waals surface area contributed by atoms with E-state index in [1.807, 2.05) is 19.1 Å². The smallest absolute Gasteiger partial charge is 0.255 e. The van der Waals surface area contributed by atoms with E-state index in [9.17, 15) is 24.0 Å². The summed E-state index contributed by atoms with van der Waals surface area (Å²) in [5.74, 6) is -1.46. The van der Waals surface area contributed by atoms with Crippen LogP contribution < -0.4 is 5.32 Å². The summed E-state index contributed by atoms with van der Waals surface area (Å²) in [7, 11) is 0. The summed E-state index contributed by atoms with van der Waals surface area (Å²) in [5.41, 5.74) is 4.82. The van der Waals surface area contributed by atoms with E-state index >= 15 is 0 Å². The van der Waals surface area contributed by atoms with Crippen LogP contribution in [0.1, 0.15) is 69.8 Å². The number of amides is 3. The van der Waals surface area contributed by atoms with Gasteiger partial charge in [-0.1, -0.05) is 6.07 Å². The summed E-state index contributed by atoms with van der Waals surface area (Å²) < 4.78 is 14.6. The third-order valence-electron chi connectivity index (χ3n) is 7.36. The van der Waals surface area contributed by atoms with E-state index in [1.165, 1.54) is 11.0 Å². The fourth-order valence-electron chi connectivity index (χ4n) is 5.70. The van der Waals surface area contributed by atoms with Crippen LogP contribution in [0.4, 0.5) is 4.39 Å².